The summed E-state index contributed by atoms with van der Waals surface area (Å²) in [5, 5.41) is 4.65. The van der Waals surface area contributed by atoms with Crippen molar-refractivity contribution in [3.05, 3.63) is 102 Å². The van der Waals surface area contributed by atoms with Gasteiger partial charge in [-0.15, -0.1) is 0 Å². The highest BCUT2D eigenvalue weighted by atomic mass is 32.2. The van der Waals surface area contributed by atoms with E-state index in [9.17, 15) is 22.4 Å². The monoisotopic (exact) mass is 560 g/mol. The van der Waals surface area contributed by atoms with Crippen molar-refractivity contribution in [3.8, 4) is 0 Å². The summed E-state index contributed by atoms with van der Waals surface area (Å²) in [6.45, 7) is 1.26. The van der Waals surface area contributed by atoms with E-state index in [1.807, 2.05) is 35.2 Å². The first-order valence-corrected chi connectivity index (χ1v) is 14.7. The molecule has 0 aliphatic carbocycles. The van der Waals surface area contributed by atoms with Crippen LogP contribution < -0.4 is 16.0 Å². The summed E-state index contributed by atoms with van der Waals surface area (Å²) >= 11 is 0. The molecule has 0 radical (unpaired) electrons. The Hall–Kier alpha value is -4.44. The Bertz CT molecular complexity index is 1690. The highest BCUT2D eigenvalue weighted by Gasteiger charge is 2.31. The van der Waals surface area contributed by atoms with Crippen molar-refractivity contribution in [2.24, 2.45) is 0 Å². The lowest BCUT2D eigenvalue weighted by Gasteiger charge is -2.38. The van der Waals surface area contributed by atoms with Gasteiger partial charge in [0.15, 0.2) is 9.84 Å². The fourth-order valence-corrected chi connectivity index (χ4v) is 5.90. The van der Waals surface area contributed by atoms with Crippen LogP contribution in [-0.2, 0) is 14.6 Å². The zero-order valence-corrected chi connectivity index (χ0v) is 22.7. The molecule has 0 unspecified atom stereocenters. The predicted octanol–water partition coefficient (Wildman–Crippen LogP) is 3.78. The number of anilines is 2. The summed E-state index contributed by atoms with van der Waals surface area (Å²) in [6, 6.07) is 22.7. The van der Waals surface area contributed by atoms with Crippen molar-refractivity contribution in [1.29, 1.82) is 0 Å². The summed E-state index contributed by atoms with van der Waals surface area (Å²) in [5.74, 6) is -1.39. The number of fused-ring (bicyclic) bond motifs is 1. The number of amides is 2. The maximum absolute atomic E-state index is 13.8. The molecule has 1 aliphatic heterocycles. The van der Waals surface area contributed by atoms with Crippen LogP contribution in [0.15, 0.2) is 89.8 Å². The summed E-state index contributed by atoms with van der Waals surface area (Å²) in [6.07, 6.45) is 1.04. The minimum atomic E-state index is -3.66. The lowest BCUT2D eigenvalue weighted by atomic mass is 10.0. The Morgan fingerprint density at radius 1 is 0.875 bits per heavy atom. The first-order valence-electron chi connectivity index (χ1n) is 12.8. The highest BCUT2D eigenvalue weighted by molar-refractivity contribution is 7.90. The van der Waals surface area contributed by atoms with Crippen LogP contribution in [-0.4, -0.2) is 57.6 Å². The molecule has 4 aromatic carbocycles. The van der Waals surface area contributed by atoms with Gasteiger partial charge in [-0.3, -0.25) is 9.59 Å². The summed E-state index contributed by atoms with van der Waals surface area (Å²) in [7, 11) is -3.66. The number of carbonyl (C=O) groups excluding carboxylic acids is 2. The van der Waals surface area contributed by atoms with E-state index in [2.05, 4.69) is 5.32 Å². The first-order chi connectivity index (χ1) is 19.1. The number of nitrogens with zero attached hydrogens (tertiary/aromatic N) is 2. The van der Waals surface area contributed by atoms with Crippen LogP contribution in [0.2, 0.25) is 0 Å². The maximum Gasteiger partial charge on any atom is 0.254 e. The van der Waals surface area contributed by atoms with Crippen molar-refractivity contribution in [2.45, 2.75) is 10.9 Å². The van der Waals surface area contributed by atoms with Gasteiger partial charge in [0.1, 0.15) is 11.9 Å². The fourth-order valence-electron chi connectivity index (χ4n) is 4.99. The molecule has 0 aromatic heterocycles. The first kappa shape index (κ1) is 27.1. The summed E-state index contributed by atoms with van der Waals surface area (Å²) in [4.78, 5) is 30.6. The number of benzene rings is 4. The van der Waals surface area contributed by atoms with Crippen molar-refractivity contribution in [2.75, 3.05) is 43.1 Å². The number of nitrogens with one attached hydrogen (secondary N) is 1. The number of hydrogen-bond donors (Lipinski definition) is 2. The van der Waals surface area contributed by atoms with E-state index in [0.717, 1.165) is 23.1 Å². The number of hydrogen-bond acceptors (Lipinski definition) is 6. The molecular weight excluding hydrogens is 531 g/mol. The molecule has 4 aromatic rings. The van der Waals surface area contributed by atoms with E-state index in [1.54, 1.807) is 41.3 Å². The number of nitrogens with two attached hydrogens (primary N) is 1. The van der Waals surface area contributed by atoms with Gasteiger partial charge < -0.3 is 20.9 Å². The van der Waals surface area contributed by atoms with Crippen molar-refractivity contribution >= 4 is 43.8 Å². The molecule has 0 spiro atoms. The van der Waals surface area contributed by atoms with Gasteiger partial charge in [-0.05, 0) is 46.7 Å². The third kappa shape index (κ3) is 5.62. The average molecular weight is 561 g/mol. The average Bonchev–Trinajstić information content (AvgIpc) is 2.95. The number of nitrogen functional groups attached to an aromatic ring is 1. The van der Waals surface area contributed by atoms with Gasteiger partial charge in [-0.25, -0.2) is 12.8 Å². The van der Waals surface area contributed by atoms with E-state index in [0.29, 0.717) is 30.0 Å². The third-order valence-corrected chi connectivity index (χ3v) is 8.20. The molecule has 8 nitrogen and oxygen atoms in total. The third-order valence-electron chi connectivity index (χ3n) is 7.07. The quantitative estimate of drug-likeness (QED) is 0.347. The summed E-state index contributed by atoms with van der Waals surface area (Å²) in [5.41, 5.74) is 7.83. The molecule has 0 saturated carbocycles. The van der Waals surface area contributed by atoms with Crippen LogP contribution in [0.3, 0.4) is 0 Å². The Kier molecular flexibility index (Phi) is 7.44. The molecule has 1 heterocycles. The second-order valence-corrected chi connectivity index (χ2v) is 11.8. The smallest absolute Gasteiger partial charge is 0.254 e. The van der Waals surface area contributed by atoms with Gasteiger partial charge in [-0.1, -0.05) is 54.6 Å². The van der Waals surface area contributed by atoms with Gasteiger partial charge in [0, 0.05) is 38.1 Å². The molecule has 5 rings (SSSR count). The Balaban J connectivity index is 1.37. The molecule has 3 N–H and O–H groups in total. The van der Waals surface area contributed by atoms with Crippen molar-refractivity contribution < 1.29 is 22.4 Å². The van der Waals surface area contributed by atoms with Crippen LogP contribution in [0.1, 0.15) is 22.0 Å². The van der Waals surface area contributed by atoms with E-state index < -0.39 is 27.6 Å². The van der Waals surface area contributed by atoms with Crippen LogP contribution in [0, 0.1) is 5.82 Å². The van der Waals surface area contributed by atoms with Gasteiger partial charge in [0.05, 0.1) is 16.1 Å². The zero-order chi connectivity index (χ0) is 28.4. The normalized spacial score (nSPS) is 14.7. The van der Waals surface area contributed by atoms with Gasteiger partial charge in [0.25, 0.3) is 5.91 Å². The fraction of sp³-hybridized carbons (Fsp3) is 0.200. The minimum Gasteiger partial charge on any atom is -0.398 e. The predicted molar refractivity (Wildman–Crippen MR) is 153 cm³/mol. The number of halogens is 1. The Morgan fingerprint density at radius 3 is 2.15 bits per heavy atom. The molecule has 0 bridgehead atoms. The zero-order valence-electron chi connectivity index (χ0n) is 21.9. The van der Waals surface area contributed by atoms with E-state index in [4.69, 9.17) is 5.73 Å². The van der Waals surface area contributed by atoms with Crippen LogP contribution in [0.5, 0.6) is 0 Å². The highest BCUT2D eigenvalue weighted by Crippen LogP contribution is 2.28. The molecule has 1 aliphatic rings. The second kappa shape index (κ2) is 11.0. The molecule has 206 valence electrons. The van der Waals surface area contributed by atoms with Crippen LogP contribution >= 0.6 is 0 Å². The largest absolute Gasteiger partial charge is 0.398 e. The topological polar surface area (TPSA) is 113 Å². The van der Waals surface area contributed by atoms with Crippen molar-refractivity contribution in [3.63, 3.8) is 0 Å². The lowest BCUT2D eigenvalue weighted by Crippen LogP contribution is -2.52. The van der Waals surface area contributed by atoms with E-state index in [-0.39, 0.29) is 29.5 Å². The number of sulfone groups is 1. The molecule has 40 heavy (non-hydrogen) atoms. The number of piperazine rings is 1. The maximum atomic E-state index is 13.8. The van der Waals surface area contributed by atoms with Crippen LogP contribution in [0.25, 0.3) is 10.8 Å². The molecule has 1 atom stereocenters. The van der Waals surface area contributed by atoms with Crippen molar-refractivity contribution in [1.82, 2.24) is 10.2 Å². The number of rotatable bonds is 6. The SMILES string of the molecule is CS(=O)(=O)c1cc(F)ccc1N1CCN(C(=O)[C@H](NC(=O)c2cc3ccccc3cc2N)c2ccccc2)CC1. The van der Waals surface area contributed by atoms with E-state index in [1.165, 1.54) is 12.1 Å². The molecule has 2 amide bonds. The molecule has 10 heteroatoms. The molecule has 1 fully saturated rings. The van der Waals surface area contributed by atoms with Gasteiger partial charge in [0.2, 0.25) is 5.91 Å². The van der Waals surface area contributed by atoms with E-state index >= 15 is 0 Å². The standard InChI is InChI=1S/C30H29FN4O4S/c1-40(38,39)27-19-23(31)11-12-26(27)34-13-15-35(16-14-34)30(37)28(20-7-3-2-4-8-20)33-29(36)24-17-21-9-5-6-10-22(21)18-25(24)32/h2-12,17-19,28H,13-16,32H2,1H3,(H,33,36)/t28-/m1/s1. The second-order valence-electron chi connectivity index (χ2n) is 9.80. The Labute approximate surface area is 232 Å². The summed E-state index contributed by atoms with van der Waals surface area (Å²) < 4.78 is 38.4. The van der Waals surface area contributed by atoms with Gasteiger partial charge in [-0.2, -0.15) is 0 Å². The lowest BCUT2D eigenvalue weighted by molar-refractivity contribution is -0.133. The Morgan fingerprint density at radius 2 is 1.50 bits per heavy atom. The number of carbonyl (C=O) groups is 2. The molecular formula is C30H29FN4O4S. The minimum absolute atomic E-state index is 0.0883. The van der Waals surface area contributed by atoms with Crippen LogP contribution in [0.4, 0.5) is 15.8 Å². The molecule has 1 saturated heterocycles. The van der Waals surface area contributed by atoms with Gasteiger partial charge >= 0.3 is 0 Å².